The van der Waals surface area contributed by atoms with Gasteiger partial charge in [0.1, 0.15) is 29.5 Å². The van der Waals surface area contributed by atoms with Crippen LogP contribution < -0.4 is 21.1 Å². The third-order valence-corrected chi connectivity index (χ3v) is 5.18. The largest absolute Gasteiger partial charge is 0.457 e. The Morgan fingerprint density at radius 1 is 1.16 bits per heavy atom. The summed E-state index contributed by atoms with van der Waals surface area (Å²) >= 11 is 0. The zero-order valence-corrected chi connectivity index (χ0v) is 17.5. The number of nitrogens with one attached hydrogen (secondary N) is 3. The highest BCUT2D eigenvalue weighted by molar-refractivity contribution is 6.16. The van der Waals surface area contributed by atoms with E-state index in [2.05, 4.69) is 27.2 Å². The number of hydrogen-bond donors (Lipinski definition) is 4. The molecule has 0 spiro atoms. The van der Waals surface area contributed by atoms with Crippen molar-refractivity contribution in [3.05, 3.63) is 84.2 Å². The van der Waals surface area contributed by atoms with Gasteiger partial charge in [0.15, 0.2) is 0 Å². The second kappa shape index (κ2) is 9.30. The van der Waals surface area contributed by atoms with Crippen molar-refractivity contribution >= 4 is 23.3 Å². The molecule has 1 fully saturated rings. The number of aromatic nitrogens is 2. The van der Waals surface area contributed by atoms with Crippen LogP contribution in [0.3, 0.4) is 0 Å². The summed E-state index contributed by atoms with van der Waals surface area (Å²) in [5.74, 6) is 2.02. The number of nitrogen functional groups attached to an aromatic ring is 1. The SMILES string of the molecule is C=C1CC(CCNc2ncnc(N)c2C(=N)c2ccc(Oc3ccccc3)cc2)NC1=O. The van der Waals surface area contributed by atoms with Crippen molar-refractivity contribution in [2.75, 3.05) is 17.6 Å². The fourth-order valence-electron chi connectivity index (χ4n) is 3.51. The van der Waals surface area contributed by atoms with Crippen molar-refractivity contribution in [1.29, 1.82) is 5.41 Å². The molecule has 1 aliphatic heterocycles. The van der Waals surface area contributed by atoms with Gasteiger partial charge < -0.3 is 21.1 Å². The van der Waals surface area contributed by atoms with Gasteiger partial charge in [0.2, 0.25) is 5.91 Å². The maximum absolute atomic E-state index is 11.6. The van der Waals surface area contributed by atoms with Gasteiger partial charge in [-0.25, -0.2) is 9.97 Å². The lowest BCUT2D eigenvalue weighted by Gasteiger charge is -2.15. The topological polar surface area (TPSA) is 126 Å². The molecule has 162 valence electrons. The molecule has 2 heterocycles. The zero-order chi connectivity index (χ0) is 22.5. The van der Waals surface area contributed by atoms with E-state index < -0.39 is 0 Å². The van der Waals surface area contributed by atoms with E-state index >= 15 is 0 Å². The molecule has 8 heteroatoms. The number of nitrogens with zero attached hydrogens (tertiary/aromatic N) is 2. The van der Waals surface area contributed by atoms with E-state index in [0.717, 1.165) is 5.75 Å². The minimum atomic E-state index is -0.0940. The predicted molar refractivity (Wildman–Crippen MR) is 124 cm³/mol. The number of carbonyl (C=O) groups is 1. The first-order chi connectivity index (χ1) is 15.5. The van der Waals surface area contributed by atoms with Gasteiger partial charge >= 0.3 is 0 Å². The molecule has 1 saturated heterocycles. The van der Waals surface area contributed by atoms with Crippen molar-refractivity contribution < 1.29 is 9.53 Å². The van der Waals surface area contributed by atoms with E-state index in [4.69, 9.17) is 15.9 Å². The summed E-state index contributed by atoms with van der Waals surface area (Å²) in [6, 6.07) is 16.8. The van der Waals surface area contributed by atoms with Gasteiger partial charge in [-0.05, 0) is 49.2 Å². The maximum Gasteiger partial charge on any atom is 0.246 e. The maximum atomic E-state index is 11.6. The molecule has 5 N–H and O–H groups in total. The molecule has 32 heavy (non-hydrogen) atoms. The van der Waals surface area contributed by atoms with Gasteiger partial charge in [-0.2, -0.15) is 0 Å². The molecule has 1 aliphatic rings. The van der Waals surface area contributed by atoms with Crippen molar-refractivity contribution in [2.24, 2.45) is 0 Å². The van der Waals surface area contributed by atoms with Crippen molar-refractivity contribution in [2.45, 2.75) is 18.9 Å². The molecule has 0 radical (unpaired) electrons. The van der Waals surface area contributed by atoms with Crippen molar-refractivity contribution in [3.63, 3.8) is 0 Å². The first kappa shape index (κ1) is 21.0. The molecule has 1 atom stereocenters. The number of ether oxygens (including phenoxy) is 1. The van der Waals surface area contributed by atoms with Gasteiger partial charge in [0.05, 0.1) is 11.3 Å². The van der Waals surface area contributed by atoms with E-state index in [-0.39, 0.29) is 23.5 Å². The van der Waals surface area contributed by atoms with E-state index in [1.54, 1.807) is 24.3 Å². The summed E-state index contributed by atoms with van der Waals surface area (Å²) in [5.41, 5.74) is 8.00. The van der Waals surface area contributed by atoms with Crippen LogP contribution in [0, 0.1) is 5.41 Å². The molecular weight excluding hydrogens is 404 g/mol. The van der Waals surface area contributed by atoms with E-state index in [9.17, 15) is 4.79 Å². The Labute approximate surface area is 186 Å². The molecule has 4 rings (SSSR count). The van der Waals surface area contributed by atoms with E-state index in [1.807, 2.05) is 30.3 Å². The quantitative estimate of drug-likeness (QED) is 0.321. The molecule has 3 aromatic rings. The molecule has 1 unspecified atom stereocenters. The number of rotatable bonds is 8. The third-order valence-electron chi connectivity index (χ3n) is 5.18. The van der Waals surface area contributed by atoms with E-state index in [0.29, 0.717) is 47.7 Å². The molecule has 0 bridgehead atoms. The molecule has 1 aromatic heterocycles. The normalized spacial score (nSPS) is 15.3. The molecular formula is C24H24N6O2. The summed E-state index contributed by atoms with van der Waals surface area (Å²) in [6.45, 7) is 4.31. The van der Waals surface area contributed by atoms with Crippen LogP contribution in [0.2, 0.25) is 0 Å². The number of nitrogens with two attached hydrogens (primary N) is 1. The zero-order valence-electron chi connectivity index (χ0n) is 17.5. The number of benzene rings is 2. The van der Waals surface area contributed by atoms with Gasteiger partial charge in [0, 0.05) is 23.7 Å². The van der Waals surface area contributed by atoms with Gasteiger partial charge in [0.25, 0.3) is 0 Å². The second-order valence-corrected chi connectivity index (χ2v) is 7.49. The number of amides is 1. The average molecular weight is 428 g/mol. The highest BCUT2D eigenvalue weighted by Crippen LogP contribution is 2.25. The lowest BCUT2D eigenvalue weighted by molar-refractivity contribution is -0.116. The van der Waals surface area contributed by atoms with Crippen LogP contribution in [-0.2, 0) is 4.79 Å². The van der Waals surface area contributed by atoms with Crippen LogP contribution in [0.1, 0.15) is 24.0 Å². The van der Waals surface area contributed by atoms with Crippen LogP contribution >= 0.6 is 0 Å². The monoisotopic (exact) mass is 428 g/mol. The van der Waals surface area contributed by atoms with Crippen LogP contribution in [0.5, 0.6) is 11.5 Å². The molecule has 0 saturated carbocycles. The van der Waals surface area contributed by atoms with Crippen LogP contribution in [0.15, 0.2) is 73.1 Å². The number of para-hydroxylation sites is 1. The Morgan fingerprint density at radius 3 is 2.56 bits per heavy atom. The Kier molecular flexibility index (Phi) is 6.12. The summed E-state index contributed by atoms with van der Waals surface area (Å²) in [5, 5.41) is 14.8. The summed E-state index contributed by atoms with van der Waals surface area (Å²) in [4.78, 5) is 19.9. The van der Waals surface area contributed by atoms with Crippen LogP contribution in [-0.4, -0.2) is 34.2 Å². The summed E-state index contributed by atoms with van der Waals surface area (Å²) in [6.07, 6.45) is 2.70. The van der Waals surface area contributed by atoms with Gasteiger partial charge in [-0.3, -0.25) is 10.2 Å². The Morgan fingerprint density at radius 2 is 1.88 bits per heavy atom. The minimum Gasteiger partial charge on any atom is -0.457 e. The second-order valence-electron chi connectivity index (χ2n) is 7.49. The standard InChI is InChI=1S/C24H24N6O2/c1-15-13-17(30-24(15)31)11-12-27-23-20(22(26)28-14-29-23)21(25)16-7-9-19(10-8-16)32-18-5-3-2-4-6-18/h2-10,14,17,25H,1,11-13H2,(H,30,31)(H3,26,27,28,29). The first-order valence-electron chi connectivity index (χ1n) is 10.3. The number of carbonyl (C=O) groups excluding carboxylic acids is 1. The fraction of sp³-hybridized carbons (Fsp3) is 0.167. The lowest BCUT2D eigenvalue weighted by Crippen LogP contribution is -2.27. The van der Waals surface area contributed by atoms with Crippen LogP contribution in [0.4, 0.5) is 11.6 Å². The Hall–Kier alpha value is -4.20. The van der Waals surface area contributed by atoms with Crippen molar-refractivity contribution in [3.8, 4) is 11.5 Å². The molecule has 2 aromatic carbocycles. The Balaban J connectivity index is 1.45. The lowest BCUT2D eigenvalue weighted by atomic mass is 10.0. The number of anilines is 2. The van der Waals surface area contributed by atoms with Gasteiger partial charge in [-0.1, -0.05) is 24.8 Å². The summed E-state index contributed by atoms with van der Waals surface area (Å²) < 4.78 is 5.81. The number of hydrogen-bond acceptors (Lipinski definition) is 7. The Bertz CT molecular complexity index is 1130. The highest BCUT2D eigenvalue weighted by Gasteiger charge is 2.24. The molecule has 1 amide bonds. The first-order valence-corrected chi connectivity index (χ1v) is 10.3. The third kappa shape index (κ3) is 4.75. The smallest absolute Gasteiger partial charge is 0.246 e. The summed E-state index contributed by atoms with van der Waals surface area (Å²) in [7, 11) is 0. The van der Waals surface area contributed by atoms with Crippen LogP contribution in [0.25, 0.3) is 0 Å². The molecule has 8 nitrogen and oxygen atoms in total. The van der Waals surface area contributed by atoms with E-state index in [1.165, 1.54) is 6.33 Å². The predicted octanol–water partition coefficient (Wildman–Crippen LogP) is 3.51. The molecule has 0 aliphatic carbocycles. The fourth-order valence-corrected chi connectivity index (χ4v) is 3.51. The van der Waals surface area contributed by atoms with Crippen molar-refractivity contribution in [1.82, 2.24) is 15.3 Å². The minimum absolute atomic E-state index is 0.0433. The highest BCUT2D eigenvalue weighted by atomic mass is 16.5. The average Bonchev–Trinajstić information content (AvgIpc) is 3.12. The van der Waals surface area contributed by atoms with Gasteiger partial charge in [-0.15, -0.1) is 0 Å².